The maximum absolute atomic E-state index is 6.52. The molecular weight excluding hydrogens is 390 g/mol. The molecule has 0 aromatic heterocycles. The first kappa shape index (κ1) is 18.7. The molecule has 6 nitrogen and oxygen atoms in total. The second kappa shape index (κ2) is 6.62. The normalized spacial score (nSPS) is 30.9. The summed E-state index contributed by atoms with van der Waals surface area (Å²) in [4.78, 5) is 11.0. The van der Waals surface area contributed by atoms with Crippen LogP contribution >= 0.6 is 11.6 Å². The lowest BCUT2D eigenvalue weighted by atomic mass is 9.80. The zero-order valence-electron chi connectivity index (χ0n) is 16.5. The Kier molecular flexibility index (Phi) is 4.28. The van der Waals surface area contributed by atoms with E-state index in [1.54, 1.807) is 7.05 Å². The molecule has 3 atom stereocenters. The molecule has 2 spiro atoms. The average Bonchev–Trinajstić information content (AvgIpc) is 2.98. The highest BCUT2D eigenvalue weighted by atomic mass is 35.5. The molecule has 0 aliphatic carbocycles. The Balaban J connectivity index is 1.62. The van der Waals surface area contributed by atoms with Crippen molar-refractivity contribution in [2.24, 2.45) is 10.7 Å². The molecule has 2 aromatic rings. The van der Waals surface area contributed by atoms with E-state index in [-0.39, 0.29) is 6.10 Å². The van der Waals surface area contributed by atoms with E-state index in [0.717, 1.165) is 35.3 Å². The van der Waals surface area contributed by atoms with Gasteiger partial charge in [-0.2, -0.15) is 0 Å². The van der Waals surface area contributed by atoms with Crippen LogP contribution in [0.25, 0.3) is 11.1 Å². The van der Waals surface area contributed by atoms with E-state index in [0.29, 0.717) is 24.0 Å². The molecular formula is C22H24ClN3O3. The highest BCUT2D eigenvalue weighted by Crippen LogP contribution is 2.52. The largest absolute Gasteiger partial charge is 0.484 e. The lowest BCUT2D eigenvalue weighted by molar-refractivity contribution is -0.220. The molecule has 29 heavy (non-hydrogen) atoms. The topological polar surface area (TPSA) is 69.3 Å². The highest BCUT2D eigenvalue weighted by molar-refractivity contribution is 6.30. The predicted molar refractivity (Wildman–Crippen MR) is 112 cm³/mol. The van der Waals surface area contributed by atoms with Gasteiger partial charge in [-0.1, -0.05) is 29.8 Å². The third kappa shape index (κ3) is 3.16. The number of nitrogens with zero attached hydrogens (tertiary/aromatic N) is 2. The third-order valence-corrected chi connectivity index (χ3v) is 6.22. The summed E-state index contributed by atoms with van der Waals surface area (Å²) in [6.07, 6.45) is 2.59. The van der Waals surface area contributed by atoms with Crippen molar-refractivity contribution in [3.63, 3.8) is 0 Å². The van der Waals surface area contributed by atoms with Crippen LogP contribution in [0.15, 0.2) is 47.5 Å². The zero-order chi connectivity index (χ0) is 20.2. The van der Waals surface area contributed by atoms with Crippen molar-refractivity contribution < 1.29 is 14.3 Å². The lowest BCUT2D eigenvalue weighted by Gasteiger charge is -2.47. The van der Waals surface area contributed by atoms with Crippen molar-refractivity contribution in [1.29, 1.82) is 0 Å². The second-order valence-corrected chi connectivity index (χ2v) is 8.62. The number of hydroxylamine groups is 2. The van der Waals surface area contributed by atoms with Gasteiger partial charge < -0.3 is 15.2 Å². The van der Waals surface area contributed by atoms with Crippen LogP contribution in [-0.4, -0.2) is 36.4 Å². The number of aliphatic imine (C=N–C) groups is 1. The van der Waals surface area contributed by atoms with Crippen LogP contribution in [0.3, 0.4) is 0 Å². The Morgan fingerprint density at radius 3 is 2.72 bits per heavy atom. The van der Waals surface area contributed by atoms with Crippen molar-refractivity contribution in [1.82, 2.24) is 5.06 Å². The van der Waals surface area contributed by atoms with Crippen LogP contribution < -0.4 is 10.5 Å². The molecule has 152 valence electrons. The number of nitrogens with two attached hydrogens (primary N) is 1. The van der Waals surface area contributed by atoms with Crippen molar-refractivity contribution in [2.75, 3.05) is 13.7 Å². The lowest BCUT2D eigenvalue weighted by Crippen LogP contribution is -2.54. The van der Waals surface area contributed by atoms with Gasteiger partial charge in [0, 0.05) is 18.5 Å². The minimum absolute atomic E-state index is 0.229. The van der Waals surface area contributed by atoms with Gasteiger partial charge in [0.1, 0.15) is 11.4 Å². The first-order chi connectivity index (χ1) is 13.9. The van der Waals surface area contributed by atoms with Crippen LogP contribution in [0, 0.1) is 0 Å². The standard InChI is InChI=1S/C22H24ClN3O3/c1-14-8-9-21(13-27-14)12-22(25-20(24)26(2)29-22)18-11-16(6-7-19(18)28-21)15-4-3-5-17(23)10-15/h3-7,10-11,14H,8-9,12-13H2,1-2H3,(H2,24,25). The first-order valence-electron chi connectivity index (χ1n) is 9.87. The van der Waals surface area contributed by atoms with Gasteiger partial charge in [-0.3, -0.25) is 0 Å². The van der Waals surface area contributed by atoms with Crippen LogP contribution in [0.1, 0.15) is 31.7 Å². The minimum atomic E-state index is -0.926. The predicted octanol–water partition coefficient (Wildman–Crippen LogP) is 4.07. The summed E-state index contributed by atoms with van der Waals surface area (Å²) in [7, 11) is 1.77. The van der Waals surface area contributed by atoms with Crippen LogP contribution in [-0.2, 0) is 15.3 Å². The molecule has 3 unspecified atom stereocenters. The molecule has 0 amide bonds. The van der Waals surface area contributed by atoms with Crippen LogP contribution in [0.5, 0.6) is 5.75 Å². The van der Waals surface area contributed by atoms with Gasteiger partial charge in [-0.15, -0.1) is 0 Å². The van der Waals surface area contributed by atoms with Gasteiger partial charge in [0.05, 0.1) is 18.3 Å². The third-order valence-electron chi connectivity index (χ3n) is 5.99. The van der Waals surface area contributed by atoms with E-state index in [2.05, 4.69) is 13.0 Å². The Bertz CT molecular complexity index is 987. The molecule has 0 radical (unpaired) electrons. The smallest absolute Gasteiger partial charge is 0.222 e. The Hall–Kier alpha value is -2.28. The summed E-state index contributed by atoms with van der Waals surface area (Å²) in [6.45, 7) is 2.60. The summed E-state index contributed by atoms with van der Waals surface area (Å²) in [5.41, 5.74) is 7.61. The fourth-order valence-corrected chi connectivity index (χ4v) is 4.63. The molecule has 1 saturated heterocycles. The number of rotatable bonds is 1. The summed E-state index contributed by atoms with van der Waals surface area (Å²) < 4.78 is 12.5. The number of halogens is 1. The molecule has 3 heterocycles. The molecule has 0 saturated carbocycles. The van der Waals surface area contributed by atoms with Crippen LogP contribution in [0.2, 0.25) is 5.02 Å². The second-order valence-electron chi connectivity index (χ2n) is 8.19. The molecule has 5 rings (SSSR count). The Morgan fingerprint density at radius 2 is 2.03 bits per heavy atom. The van der Waals surface area contributed by atoms with Crippen molar-refractivity contribution in [2.45, 2.75) is 43.6 Å². The number of benzene rings is 2. The van der Waals surface area contributed by atoms with Crippen LogP contribution in [0.4, 0.5) is 0 Å². The average molecular weight is 414 g/mol. The van der Waals surface area contributed by atoms with Gasteiger partial charge in [0.25, 0.3) is 0 Å². The fourth-order valence-electron chi connectivity index (χ4n) is 4.44. The Labute approximate surface area is 175 Å². The number of fused-ring (bicyclic) bond motifs is 2. The maximum atomic E-state index is 6.52. The van der Waals surface area contributed by atoms with Gasteiger partial charge in [0.2, 0.25) is 11.7 Å². The zero-order valence-corrected chi connectivity index (χ0v) is 17.3. The van der Waals surface area contributed by atoms with Crippen molar-refractivity contribution in [3.05, 3.63) is 53.1 Å². The summed E-state index contributed by atoms with van der Waals surface area (Å²) in [5.74, 6) is 1.11. The van der Waals surface area contributed by atoms with E-state index < -0.39 is 11.3 Å². The van der Waals surface area contributed by atoms with E-state index in [9.17, 15) is 0 Å². The van der Waals surface area contributed by atoms with E-state index >= 15 is 0 Å². The molecule has 7 heteroatoms. The monoisotopic (exact) mass is 413 g/mol. The maximum Gasteiger partial charge on any atom is 0.222 e. The quantitative estimate of drug-likeness (QED) is 0.763. The molecule has 1 fully saturated rings. The molecule has 0 bridgehead atoms. The fraction of sp³-hybridized carbons (Fsp3) is 0.409. The molecule has 3 aliphatic rings. The van der Waals surface area contributed by atoms with Gasteiger partial charge in [-0.05, 0) is 55.2 Å². The molecule has 3 aliphatic heterocycles. The SMILES string of the molecule is CC1CCC2(CO1)CC1(N=C(N)N(C)O1)c1cc(-c3cccc(Cl)c3)ccc1O2. The number of guanidine groups is 1. The minimum Gasteiger partial charge on any atom is -0.484 e. The Morgan fingerprint density at radius 1 is 1.21 bits per heavy atom. The van der Waals surface area contributed by atoms with Gasteiger partial charge in [0.15, 0.2) is 0 Å². The molecule has 2 N–H and O–H groups in total. The highest BCUT2D eigenvalue weighted by Gasteiger charge is 2.55. The number of hydrogen-bond acceptors (Lipinski definition) is 6. The first-order valence-corrected chi connectivity index (χ1v) is 10.3. The van der Waals surface area contributed by atoms with Crippen molar-refractivity contribution >= 4 is 17.6 Å². The molecule has 2 aromatic carbocycles. The van der Waals surface area contributed by atoms with Gasteiger partial charge in [-0.25, -0.2) is 14.9 Å². The summed E-state index contributed by atoms with van der Waals surface area (Å²) in [6, 6.07) is 13.9. The van der Waals surface area contributed by atoms with Crippen molar-refractivity contribution in [3.8, 4) is 16.9 Å². The van der Waals surface area contributed by atoms with E-state index in [1.165, 1.54) is 5.06 Å². The van der Waals surface area contributed by atoms with E-state index in [1.807, 2.05) is 36.4 Å². The van der Waals surface area contributed by atoms with Gasteiger partial charge >= 0.3 is 0 Å². The summed E-state index contributed by atoms with van der Waals surface area (Å²) >= 11 is 6.20. The summed E-state index contributed by atoms with van der Waals surface area (Å²) in [5, 5.41) is 2.22. The van der Waals surface area contributed by atoms with E-state index in [4.69, 9.17) is 36.6 Å². The number of ether oxygens (including phenoxy) is 2. The number of hydrogen-bond donors (Lipinski definition) is 1.